The second-order valence-corrected chi connectivity index (χ2v) is 11.5. The molecule has 1 aliphatic carbocycles. The van der Waals surface area contributed by atoms with Crippen molar-refractivity contribution in [3.05, 3.63) is 47.2 Å². The van der Waals surface area contributed by atoms with Crippen molar-refractivity contribution in [2.75, 3.05) is 45.6 Å². The Morgan fingerprint density at radius 3 is 2.58 bits per heavy atom. The molecular weight excluding hydrogens is 535 g/mol. The van der Waals surface area contributed by atoms with Crippen LogP contribution < -0.4 is 20.7 Å². The van der Waals surface area contributed by atoms with Gasteiger partial charge in [-0.25, -0.2) is 9.18 Å². The fourth-order valence-electron chi connectivity index (χ4n) is 4.51. The second-order valence-electron chi connectivity index (χ2n) is 10.4. The molecule has 12 heteroatoms. The number of likely N-dealkylation sites (N-methyl/N-ethyl adjacent to an activating group) is 1. The zero-order valence-corrected chi connectivity index (χ0v) is 23.4. The van der Waals surface area contributed by atoms with Crippen LogP contribution in [0.4, 0.5) is 14.9 Å². The number of urea groups is 1. The van der Waals surface area contributed by atoms with E-state index in [0.717, 1.165) is 19.4 Å². The molecule has 1 aromatic carbocycles. The number of thiophene rings is 1. The summed E-state index contributed by atoms with van der Waals surface area (Å²) in [6.07, 6.45) is 4.70. The molecule has 1 saturated carbocycles. The van der Waals surface area contributed by atoms with E-state index < -0.39 is 5.82 Å². The molecule has 0 bridgehead atoms. The van der Waals surface area contributed by atoms with Crippen molar-refractivity contribution in [1.82, 2.24) is 25.4 Å². The number of piperidine rings is 1. The van der Waals surface area contributed by atoms with Crippen molar-refractivity contribution >= 4 is 45.1 Å². The lowest BCUT2D eigenvalue weighted by atomic mass is 9.96. The molecule has 2 fully saturated rings. The summed E-state index contributed by atoms with van der Waals surface area (Å²) >= 11 is 1.24. The van der Waals surface area contributed by atoms with Crippen LogP contribution in [0.5, 0.6) is 11.5 Å². The van der Waals surface area contributed by atoms with Gasteiger partial charge in [0.1, 0.15) is 5.75 Å². The fourth-order valence-corrected chi connectivity index (χ4v) is 5.54. The number of nitrogens with zero attached hydrogens (tertiary/aromatic N) is 3. The van der Waals surface area contributed by atoms with Crippen LogP contribution in [0, 0.1) is 11.7 Å². The molecule has 2 aliphatic rings. The smallest absolute Gasteiger partial charge is 0.319 e. The molecule has 3 N–H and O–H groups in total. The highest BCUT2D eigenvalue weighted by atomic mass is 32.1. The molecule has 1 aliphatic heterocycles. The normalized spacial score (nSPS) is 15.8. The molecule has 3 heterocycles. The molecule has 40 heavy (non-hydrogen) atoms. The average molecular weight is 569 g/mol. The molecule has 0 spiro atoms. The molecular formula is C28H33FN6O4S. The van der Waals surface area contributed by atoms with Gasteiger partial charge in [0.2, 0.25) is 5.91 Å². The highest BCUT2D eigenvalue weighted by Crippen LogP contribution is 2.37. The summed E-state index contributed by atoms with van der Waals surface area (Å²) in [6.45, 7) is 2.38. The molecule has 5 rings (SSSR count). The third-order valence-electron chi connectivity index (χ3n) is 6.92. The maximum atomic E-state index is 14.8. The quantitative estimate of drug-likeness (QED) is 0.359. The Hall–Kier alpha value is -3.77. The number of aromatic nitrogens is 1. The summed E-state index contributed by atoms with van der Waals surface area (Å²) in [5.41, 5.74) is 0.901. The van der Waals surface area contributed by atoms with E-state index in [2.05, 4.69) is 20.9 Å². The number of hydrogen-bond acceptors (Lipinski definition) is 7. The van der Waals surface area contributed by atoms with Crippen LogP contribution in [0.3, 0.4) is 0 Å². The minimum Gasteiger partial charge on any atom is -0.453 e. The van der Waals surface area contributed by atoms with Crippen molar-refractivity contribution in [3.8, 4) is 11.5 Å². The predicted molar refractivity (Wildman–Crippen MR) is 151 cm³/mol. The van der Waals surface area contributed by atoms with Crippen LogP contribution in [0.15, 0.2) is 36.5 Å². The summed E-state index contributed by atoms with van der Waals surface area (Å²) in [6, 6.07) is 7.40. The Morgan fingerprint density at radius 1 is 1.10 bits per heavy atom. The van der Waals surface area contributed by atoms with E-state index in [1.807, 2.05) is 19.0 Å². The summed E-state index contributed by atoms with van der Waals surface area (Å²) in [4.78, 5) is 46.3. The number of anilines is 1. The van der Waals surface area contributed by atoms with Gasteiger partial charge in [0.15, 0.2) is 11.6 Å². The van der Waals surface area contributed by atoms with Gasteiger partial charge in [0.05, 0.1) is 15.1 Å². The maximum Gasteiger partial charge on any atom is 0.319 e. The molecule has 2 aromatic heterocycles. The third kappa shape index (κ3) is 6.86. The SMILES string of the molecule is CN(C)CCNC(=O)C1CCN(C(=O)c2cc3nccc(Oc4ccc(NC(=O)NC5CC5)cc4F)c3s2)CC1. The highest BCUT2D eigenvalue weighted by molar-refractivity contribution is 7.21. The van der Waals surface area contributed by atoms with Gasteiger partial charge in [-0.3, -0.25) is 14.6 Å². The second kappa shape index (κ2) is 12.2. The summed E-state index contributed by atoms with van der Waals surface area (Å²) in [5, 5.41) is 8.39. The predicted octanol–water partition coefficient (Wildman–Crippen LogP) is 4.04. The number of carbonyl (C=O) groups is 3. The van der Waals surface area contributed by atoms with Crippen molar-refractivity contribution in [2.45, 2.75) is 31.7 Å². The van der Waals surface area contributed by atoms with E-state index in [1.165, 1.54) is 23.5 Å². The summed E-state index contributed by atoms with van der Waals surface area (Å²) in [5.74, 6) is -0.429. The Labute approximate surface area is 235 Å². The largest absolute Gasteiger partial charge is 0.453 e. The molecule has 0 atom stereocenters. The monoisotopic (exact) mass is 568 g/mol. The summed E-state index contributed by atoms with van der Waals surface area (Å²) in [7, 11) is 3.92. The van der Waals surface area contributed by atoms with Gasteiger partial charge in [-0.2, -0.15) is 0 Å². The lowest BCUT2D eigenvalue weighted by Gasteiger charge is -2.31. The van der Waals surface area contributed by atoms with Gasteiger partial charge in [-0.1, -0.05) is 0 Å². The number of amides is 4. The zero-order chi connectivity index (χ0) is 28.2. The lowest BCUT2D eigenvalue weighted by molar-refractivity contribution is -0.126. The Bertz CT molecular complexity index is 1400. The van der Waals surface area contributed by atoms with Crippen LogP contribution in [-0.2, 0) is 4.79 Å². The zero-order valence-electron chi connectivity index (χ0n) is 22.5. The highest BCUT2D eigenvalue weighted by Gasteiger charge is 2.29. The first-order valence-corrected chi connectivity index (χ1v) is 14.2. The van der Waals surface area contributed by atoms with Crippen molar-refractivity contribution in [3.63, 3.8) is 0 Å². The van der Waals surface area contributed by atoms with Crippen LogP contribution in [0.2, 0.25) is 0 Å². The maximum absolute atomic E-state index is 14.8. The first kappa shape index (κ1) is 27.8. The first-order chi connectivity index (χ1) is 19.3. The minimum absolute atomic E-state index is 0.00661. The van der Waals surface area contributed by atoms with E-state index in [9.17, 15) is 18.8 Å². The Morgan fingerprint density at radius 2 is 1.88 bits per heavy atom. The number of rotatable bonds is 9. The van der Waals surface area contributed by atoms with E-state index in [-0.39, 0.29) is 35.6 Å². The van der Waals surface area contributed by atoms with E-state index in [0.29, 0.717) is 59.0 Å². The van der Waals surface area contributed by atoms with Crippen LogP contribution in [-0.4, -0.2) is 78.9 Å². The fraction of sp³-hybridized carbons (Fsp3) is 0.429. The Kier molecular flexibility index (Phi) is 8.46. The molecule has 4 amide bonds. The molecule has 0 radical (unpaired) electrons. The number of halogens is 1. The number of pyridine rings is 1. The van der Waals surface area contributed by atoms with Gasteiger partial charge in [0, 0.05) is 62.2 Å². The molecule has 3 aromatic rings. The number of carbonyl (C=O) groups excluding carboxylic acids is 3. The first-order valence-electron chi connectivity index (χ1n) is 13.4. The van der Waals surface area contributed by atoms with Crippen LogP contribution >= 0.6 is 11.3 Å². The molecule has 10 nitrogen and oxygen atoms in total. The standard InChI is InChI=1S/C28H33FN6O4S/c1-34(2)14-11-31-26(36)17-8-12-35(13-9-17)27(37)24-16-21-25(40-24)23(7-10-30-21)39-22-6-5-19(15-20(22)29)33-28(38)32-18-3-4-18/h5-7,10,15-18H,3-4,8-9,11-14H2,1-2H3,(H,31,36)(H2,32,33,38). The average Bonchev–Trinajstić information content (AvgIpc) is 3.63. The summed E-state index contributed by atoms with van der Waals surface area (Å²) < 4.78 is 21.3. The van der Waals surface area contributed by atoms with E-state index in [1.54, 1.807) is 29.3 Å². The topological polar surface area (TPSA) is 116 Å². The molecule has 0 unspecified atom stereocenters. The van der Waals surface area contributed by atoms with Gasteiger partial charge in [-0.05, 0) is 58.0 Å². The number of hydrogen-bond donors (Lipinski definition) is 3. The van der Waals surface area contributed by atoms with Crippen molar-refractivity contribution in [2.24, 2.45) is 5.92 Å². The minimum atomic E-state index is -0.629. The van der Waals surface area contributed by atoms with E-state index in [4.69, 9.17) is 4.74 Å². The molecule has 1 saturated heterocycles. The number of likely N-dealkylation sites (tertiary alicyclic amines) is 1. The van der Waals surface area contributed by atoms with Gasteiger partial charge < -0.3 is 30.5 Å². The van der Waals surface area contributed by atoms with E-state index >= 15 is 0 Å². The van der Waals surface area contributed by atoms with Gasteiger partial charge in [-0.15, -0.1) is 11.3 Å². The number of fused-ring (bicyclic) bond motifs is 1. The van der Waals surface area contributed by atoms with Crippen molar-refractivity contribution < 1.29 is 23.5 Å². The van der Waals surface area contributed by atoms with Gasteiger partial charge in [0.25, 0.3) is 5.91 Å². The van der Waals surface area contributed by atoms with Crippen molar-refractivity contribution in [1.29, 1.82) is 0 Å². The Balaban J connectivity index is 1.21. The van der Waals surface area contributed by atoms with Crippen LogP contribution in [0.1, 0.15) is 35.4 Å². The number of nitrogens with one attached hydrogen (secondary N) is 3. The third-order valence-corrected chi connectivity index (χ3v) is 8.05. The lowest BCUT2D eigenvalue weighted by Crippen LogP contribution is -2.43. The van der Waals surface area contributed by atoms with Gasteiger partial charge >= 0.3 is 6.03 Å². The van der Waals surface area contributed by atoms with Crippen LogP contribution in [0.25, 0.3) is 10.2 Å². The number of benzene rings is 1. The molecule has 212 valence electrons. The number of ether oxygens (including phenoxy) is 1.